The van der Waals surface area contributed by atoms with Crippen molar-refractivity contribution >= 4 is 27.1 Å². The predicted molar refractivity (Wildman–Crippen MR) is 107 cm³/mol. The Morgan fingerprint density at radius 3 is 2.36 bits per heavy atom. The van der Waals surface area contributed by atoms with Crippen LogP contribution in [0.15, 0.2) is 46.9 Å². The molecule has 0 spiro atoms. The molecule has 1 N–H and O–H groups in total. The summed E-state index contributed by atoms with van der Waals surface area (Å²) in [5, 5.41) is 3.14. The number of allylic oxidation sites excluding steroid dienone is 1. The number of hydrogen-bond acceptors (Lipinski definition) is 4. The summed E-state index contributed by atoms with van der Waals surface area (Å²) < 4.78 is 23.5. The van der Waals surface area contributed by atoms with Crippen LogP contribution in [-0.4, -0.2) is 32.4 Å². The summed E-state index contributed by atoms with van der Waals surface area (Å²) in [6.07, 6.45) is 10.2. The molecule has 3 aliphatic rings. The molecule has 2 atom stereocenters. The Kier molecular flexibility index (Phi) is 5.00. The van der Waals surface area contributed by atoms with E-state index >= 15 is 0 Å². The third-order valence-electron chi connectivity index (χ3n) is 5.85. The lowest BCUT2D eigenvalue weighted by molar-refractivity contribution is -0.119. The summed E-state index contributed by atoms with van der Waals surface area (Å²) in [7, 11) is -3.26. The molecular weight excluding hydrogens is 374 g/mol. The van der Waals surface area contributed by atoms with Crippen molar-refractivity contribution in [2.75, 3.05) is 6.26 Å². The van der Waals surface area contributed by atoms with Crippen LogP contribution in [0.3, 0.4) is 0 Å². The molecule has 2 aliphatic carbocycles. The number of hydrogen-bond donors (Lipinski definition) is 1. The number of carbonyl (C=O) groups is 2. The maximum atomic E-state index is 12.6. The molecule has 4 rings (SSSR count). The van der Waals surface area contributed by atoms with Gasteiger partial charge in [0.15, 0.2) is 9.84 Å². The maximum absolute atomic E-state index is 12.6. The molecule has 1 aromatic rings. The highest BCUT2D eigenvalue weighted by Crippen LogP contribution is 2.39. The second kappa shape index (κ2) is 7.32. The fourth-order valence-corrected chi connectivity index (χ4v) is 4.77. The average Bonchev–Trinajstić information content (AvgIpc) is 3.40. The van der Waals surface area contributed by atoms with E-state index in [1.165, 1.54) is 6.26 Å². The van der Waals surface area contributed by atoms with E-state index in [0.29, 0.717) is 18.8 Å². The molecule has 6 heteroatoms. The standard InChI is InChI=1S/C22H25NO4S/c1-28(26,27)18-8-5-16(6-9-18)20(13-14-2-7-17(24)12-14)21-11-10-19(15-3-4-15)22(25)23-21/h5-6,8-10,13-15,21H,2-4,7,11-12H2,1H3,(H,23,25)/t14-,21?/m0/s1. The van der Waals surface area contributed by atoms with E-state index in [9.17, 15) is 18.0 Å². The van der Waals surface area contributed by atoms with Gasteiger partial charge >= 0.3 is 0 Å². The molecule has 28 heavy (non-hydrogen) atoms. The van der Waals surface area contributed by atoms with E-state index < -0.39 is 9.84 Å². The highest BCUT2D eigenvalue weighted by molar-refractivity contribution is 7.90. The molecular formula is C22H25NO4S. The summed E-state index contributed by atoms with van der Waals surface area (Å²) in [5.74, 6) is 0.856. The van der Waals surface area contributed by atoms with Crippen molar-refractivity contribution < 1.29 is 18.0 Å². The Morgan fingerprint density at radius 1 is 1.11 bits per heavy atom. The Balaban J connectivity index is 1.65. The molecule has 148 valence electrons. The summed E-state index contributed by atoms with van der Waals surface area (Å²) in [6, 6.07) is 6.65. The number of rotatable bonds is 5. The molecule has 0 bridgehead atoms. The van der Waals surface area contributed by atoms with E-state index in [1.54, 1.807) is 24.3 Å². The zero-order valence-corrected chi connectivity index (χ0v) is 16.8. The third-order valence-corrected chi connectivity index (χ3v) is 6.98. The SMILES string of the molecule is CS(=O)(=O)c1ccc(C(=C[C@H]2CCC(=O)C2)C2CC=C(C3CC3)C(=O)N2)cc1. The quantitative estimate of drug-likeness (QED) is 0.825. The lowest BCUT2D eigenvalue weighted by atomic mass is 9.88. The zero-order valence-electron chi connectivity index (χ0n) is 16.0. The maximum Gasteiger partial charge on any atom is 0.247 e. The van der Waals surface area contributed by atoms with E-state index in [0.717, 1.165) is 42.4 Å². The molecule has 1 aromatic carbocycles. The Bertz CT molecular complexity index is 968. The predicted octanol–water partition coefficient (Wildman–Crippen LogP) is 3.07. The summed E-state index contributed by atoms with van der Waals surface area (Å²) >= 11 is 0. The van der Waals surface area contributed by atoms with Gasteiger partial charge in [-0.25, -0.2) is 8.42 Å². The van der Waals surface area contributed by atoms with Crippen LogP contribution >= 0.6 is 0 Å². The first-order valence-corrected chi connectivity index (χ1v) is 11.8. The van der Waals surface area contributed by atoms with Crippen LogP contribution in [0, 0.1) is 11.8 Å². The molecule has 0 saturated heterocycles. The van der Waals surface area contributed by atoms with Gasteiger partial charge in [-0.15, -0.1) is 0 Å². The normalized spacial score (nSPS) is 26.2. The van der Waals surface area contributed by atoms with E-state index in [-0.39, 0.29) is 28.5 Å². The number of benzene rings is 1. The number of sulfone groups is 1. The number of ketones is 1. The van der Waals surface area contributed by atoms with E-state index in [2.05, 4.69) is 17.5 Å². The van der Waals surface area contributed by atoms with Crippen molar-refractivity contribution in [3.8, 4) is 0 Å². The highest BCUT2D eigenvalue weighted by Gasteiger charge is 2.34. The Hall–Kier alpha value is -2.21. The fraction of sp³-hybridized carbons (Fsp3) is 0.455. The van der Waals surface area contributed by atoms with Crippen LogP contribution in [-0.2, 0) is 19.4 Å². The molecule has 2 fully saturated rings. The molecule has 1 aliphatic heterocycles. The Labute approximate surface area is 165 Å². The van der Waals surface area contributed by atoms with Gasteiger partial charge < -0.3 is 5.32 Å². The van der Waals surface area contributed by atoms with Gasteiger partial charge in [0, 0.05) is 24.7 Å². The van der Waals surface area contributed by atoms with Crippen LogP contribution in [0.25, 0.3) is 5.57 Å². The molecule has 1 heterocycles. The van der Waals surface area contributed by atoms with Gasteiger partial charge in [-0.2, -0.15) is 0 Å². The van der Waals surface area contributed by atoms with Gasteiger partial charge in [-0.05, 0) is 60.8 Å². The topological polar surface area (TPSA) is 80.3 Å². The zero-order chi connectivity index (χ0) is 19.9. The monoisotopic (exact) mass is 399 g/mol. The second-order valence-corrected chi connectivity index (χ2v) is 10.2. The van der Waals surface area contributed by atoms with Crippen LogP contribution in [0.2, 0.25) is 0 Å². The first-order chi connectivity index (χ1) is 13.3. The number of nitrogens with one attached hydrogen (secondary N) is 1. The largest absolute Gasteiger partial charge is 0.345 e. The van der Waals surface area contributed by atoms with Gasteiger partial charge in [0.05, 0.1) is 10.9 Å². The minimum absolute atomic E-state index is 0.0000885. The van der Waals surface area contributed by atoms with Crippen molar-refractivity contribution in [2.24, 2.45) is 11.8 Å². The summed E-state index contributed by atoms with van der Waals surface area (Å²) in [4.78, 5) is 24.5. The van der Waals surface area contributed by atoms with Crippen LogP contribution in [0.1, 0.15) is 44.1 Å². The first-order valence-electron chi connectivity index (χ1n) is 9.86. The second-order valence-electron chi connectivity index (χ2n) is 8.16. The van der Waals surface area contributed by atoms with Crippen LogP contribution in [0.4, 0.5) is 0 Å². The Morgan fingerprint density at radius 2 is 1.82 bits per heavy atom. The first kappa shape index (κ1) is 19.1. The molecule has 2 saturated carbocycles. The van der Waals surface area contributed by atoms with E-state index in [1.807, 2.05) is 0 Å². The smallest absolute Gasteiger partial charge is 0.247 e. The van der Waals surface area contributed by atoms with Gasteiger partial charge in [0.25, 0.3) is 0 Å². The number of carbonyl (C=O) groups excluding carboxylic acids is 2. The van der Waals surface area contributed by atoms with Crippen LogP contribution in [0.5, 0.6) is 0 Å². The number of Topliss-reactive ketones (excluding diaryl/α,β-unsaturated/α-hetero) is 1. The van der Waals surface area contributed by atoms with Gasteiger partial charge in [0.2, 0.25) is 5.91 Å². The van der Waals surface area contributed by atoms with Crippen molar-refractivity contribution in [1.29, 1.82) is 0 Å². The number of amides is 1. The highest BCUT2D eigenvalue weighted by atomic mass is 32.2. The molecule has 5 nitrogen and oxygen atoms in total. The van der Waals surface area contributed by atoms with Gasteiger partial charge in [-0.3, -0.25) is 9.59 Å². The van der Waals surface area contributed by atoms with Gasteiger partial charge in [0.1, 0.15) is 5.78 Å². The molecule has 1 amide bonds. The molecule has 0 radical (unpaired) electrons. The van der Waals surface area contributed by atoms with Crippen molar-refractivity contribution in [2.45, 2.75) is 49.5 Å². The van der Waals surface area contributed by atoms with Gasteiger partial charge in [-0.1, -0.05) is 24.3 Å². The minimum Gasteiger partial charge on any atom is -0.345 e. The summed E-state index contributed by atoms with van der Waals surface area (Å²) in [5.41, 5.74) is 2.76. The van der Waals surface area contributed by atoms with E-state index in [4.69, 9.17) is 0 Å². The average molecular weight is 400 g/mol. The van der Waals surface area contributed by atoms with Crippen LogP contribution < -0.4 is 5.32 Å². The lowest BCUT2D eigenvalue weighted by Crippen LogP contribution is -2.40. The molecule has 1 unspecified atom stereocenters. The lowest BCUT2D eigenvalue weighted by Gasteiger charge is -2.27. The van der Waals surface area contributed by atoms with Crippen molar-refractivity contribution in [3.05, 3.63) is 47.6 Å². The van der Waals surface area contributed by atoms with Crippen molar-refractivity contribution in [1.82, 2.24) is 5.32 Å². The third kappa shape index (κ3) is 4.12. The summed E-state index contributed by atoms with van der Waals surface area (Å²) in [6.45, 7) is 0. The minimum atomic E-state index is -3.26. The fourth-order valence-electron chi connectivity index (χ4n) is 4.14. The van der Waals surface area contributed by atoms with Crippen molar-refractivity contribution in [3.63, 3.8) is 0 Å². The molecule has 0 aromatic heterocycles.